The summed E-state index contributed by atoms with van der Waals surface area (Å²) in [6.07, 6.45) is 5.99. The monoisotopic (exact) mass is 280 g/mol. The zero-order valence-electron chi connectivity index (χ0n) is 10.8. The number of benzene rings is 1. The molecule has 1 aromatic carbocycles. The van der Waals surface area contributed by atoms with Crippen LogP contribution in [0.25, 0.3) is 0 Å². The maximum atomic E-state index is 5.50. The van der Waals surface area contributed by atoms with Crippen LogP contribution in [0.3, 0.4) is 0 Å². The maximum Gasteiger partial charge on any atom is 0.173 e. The lowest BCUT2D eigenvalue weighted by Crippen LogP contribution is -2.35. The summed E-state index contributed by atoms with van der Waals surface area (Å²) in [5.74, 6) is 0. The topological polar surface area (TPSA) is 15.3 Å². The van der Waals surface area contributed by atoms with Crippen molar-refractivity contribution in [3.63, 3.8) is 0 Å². The molecule has 2 rings (SSSR count). The summed E-state index contributed by atoms with van der Waals surface area (Å²) in [5.41, 5.74) is 1.08. The maximum absolute atomic E-state index is 5.50. The third-order valence-electron chi connectivity index (χ3n) is 3.32. The van der Waals surface area contributed by atoms with Gasteiger partial charge in [-0.2, -0.15) is 11.8 Å². The first-order valence-corrected chi connectivity index (χ1v) is 8.13. The molecule has 0 aromatic heterocycles. The van der Waals surface area contributed by atoms with Gasteiger partial charge in [0, 0.05) is 24.0 Å². The molecule has 18 heavy (non-hydrogen) atoms. The number of nitrogens with zero attached hydrogens (tertiary/aromatic N) is 1. The van der Waals surface area contributed by atoms with Gasteiger partial charge in [-0.3, -0.25) is 0 Å². The Labute approximate surface area is 119 Å². The summed E-state index contributed by atoms with van der Waals surface area (Å²) in [6, 6.07) is 10.2. The fourth-order valence-electron chi connectivity index (χ4n) is 2.23. The molecule has 0 aliphatic carbocycles. The molecule has 1 saturated heterocycles. The molecule has 1 aliphatic heterocycles. The zero-order chi connectivity index (χ0) is 12.8. The average molecular weight is 280 g/mol. The second kappa shape index (κ2) is 7.00. The summed E-state index contributed by atoms with van der Waals surface area (Å²) in [4.78, 5) is 2.30. The van der Waals surface area contributed by atoms with Gasteiger partial charge in [0.15, 0.2) is 5.11 Å². The van der Waals surface area contributed by atoms with Gasteiger partial charge in [0.2, 0.25) is 0 Å². The van der Waals surface area contributed by atoms with E-state index in [1.165, 1.54) is 19.3 Å². The second-order valence-electron chi connectivity index (χ2n) is 4.57. The number of likely N-dealkylation sites (tertiary alicyclic amines) is 1. The van der Waals surface area contributed by atoms with Crippen LogP contribution in [-0.4, -0.2) is 34.6 Å². The molecule has 1 fully saturated rings. The molecule has 4 heteroatoms. The van der Waals surface area contributed by atoms with Crippen LogP contribution in [0.15, 0.2) is 30.3 Å². The van der Waals surface area contributed by atoms with Gasteiger partial charge < -0.3 is 10.2 Å². The van der Waals surface area contributed by atoms with Crippen molar-refractivity contribution in [2.75, 3.05) is 24.7 Å². The number of thiocarbonyl (C=S) groups is 1. The van der Waals surface area contributed by atoms with Crippen molar-refractivity contribution in [2.45, 2.75) is 24.5 Å². The van der Waals surface area contributed by atoms with E-state index < -0.39 is 0 Å². The van der Waals surface area contributed by atoms with Crippen molar-refractivity contribution < 1.29 is 0 Å². The van der Waals surface area contributed by atoms with Crippen LogP contribution < -0.4 is 5.32 Å². The lowest BCUT2D eigenvalue weighted by atomic mass is 10.2. The fourth-order valence-corrected chi connectivity index (χ4v) is 3.27. The van der Waals surface area contributed by atoms with E-state index in [9.17, 15) is 0 Å². The number of rotatable bonds is 2. The molecule has 0 saturated carbocycles. The number of anilines is 1. The summed E-state index contributed by atoms with van der Waals surface area (Å²) >= 11 is 7.49. The molecule has 1 atom stereocenters. The minimum absolute atomic E-state index is 0.800. The van der Waals surface area contributed by atoms with Gasteiger partial charge in [-0.15, -0.1) is 0 Å². The van der Waals surface area contributed by atoms with Gasteiger partial charge in [-0.25, -0.2) is 0 Å². The molecular weight excluding hydrogens is 260 g/mol. The van der Waals surface area contributed by atoms with Crippen molar-refractivity contribution >= 4 is 34.8 Å². The zero-order valence-corrected chi connectivity index (χ0v) is 12.4. The fraction of sp³-hybridized carbons (Fsp3) is 0.500. The van der Waals surface area contributed by atoms with Gasteiger partial charge in [-0.1, -0.05) is 18.2 Å². The lowest BCUT2D eigenvalue weighted by Gasteiger charge is -2.24. The Bertz CT molecular complexity index is 381. The Kier molecular flexibility index (Phi) is 5.32. The molecule has 0 amide bonds. The molecule has 2 nitrogen and oxygen atoms in total. The van der Waals surface area contributed by atoms with Crippen LogP contribution in [0.5, 0.6) is 0 Å². The van der Waals surface area contributed by atoms with Gasteiger partial charge >= 0.3 is 0 Å². The third-order valence-corrected chi connectivity index (χ3v) is 4.82. The highest BCUT2D eigenvalue weighted by atomic mass is 32.2. The van der Waals surface area contributed by atoms with Crippen molar-refractivity contribution in [3.8, 4) is 0 Å². The van der Waals surface area contributed by atoms with Crippen LogP contribution in [-0.2, 0) is 0 Å². The normalized spacial score (nSPS) is 20.3. The highest BCUT2D eigenvalue weighted by Gasteiger charge is 2.17. The molecular formula is C14H20N2S2. The molecule has 1 unspecified atom stereocenters. The van der Waals surface area contributed by atoms with E-state index in [1.807, 2.05) is 30.0 Å². The summed E-state index contributed by atoms with van der Waals surface area (Å²) in [5, 5.41) is 4.99. The summed E-state index contributed by atoms with van der Waals surface area (Å²) < 4.78 is 0. The standard InChI is InChI=1S/C14H20N2S2/c1-18-13-8-5-10-16(11-9-13)14(17)15-12-6-3-2-4-7-12/h2-4,6-7,13H,5,8-11H2,1H3,(H,15,17). The highest BCUT2D eigenvalue weighted by molar-refractivity contribution is 7.99. The Morgan fingerprint density at radius 1 is 1.28 bits per heavy atom. The van der Waals surface area contributed by atoms with Crippen molar-refractivity contribution in [1.29, 1.82) is 0 Å². The van der Waals surface area contributed by atoms with Crippen molar-refractivity contribution in [1.82, 2.24) is 4.90 Å². The van der Waals surface area contributed by atoms with E-state index in [0.717, 1.165) is 29.1 Å². The van der Waals surface area contributed by atoms with Gasteiger partial charge in [0.25, 0.3) is 0 Å². The van der Waals surface area contributed by atoms with Crippen molar-refractivity contribution in [2.24, 2.45) is 0 Å². The lowest BCUT2D eigenvalue weighted by molar-refractivity contribution is 0.442. The minimum Gasteiger partial charge on any atom is -0.349 e. The van der Waals surface area contributed by atoms with Crippen molar-refractivity contribution in [3.05, 3.63) is 30.3 Å². The molecule has 1 N–H and O–H groups in total. The van der Waals surface area contributed by atoms with E-state index in [0.29, 0.717) is 0 Å². The first kappa shape index (κ1) is 13.7. The Balaban J connectivity index is 1.89. The number of hydrogen-bond acceptors (Lipinski definition) is 2. The van der Waals surface area contributed by atoms with E-state index in [1.54, 1.807) is 0 Å². The van der Waals surface area contributed by atoms with Crippen LogP contribution in [0.1, 0.15) is 19.3 Å². The molecule has 1 aromatic rings. The van der Waals surface area contributed by atoms with Crippen LogP contribution >= 0.6 is 24.0 Å². The molecule has 1 aliphatic rings. The van der Waals surface area contributed by atoms with Crippen LogP contribution in [0.4, 0.5) is 5.69 Å². The molecule has 0 radical (unpaired) electrons. The molecule has 98 valence electrons. The molecule has 0 spiro atoms. The predicted molar refractivity (Wildman–Crippen MR) is 85.4 cm³/mol. The van der Waals surface area contributed by atoms with E-state index in [-0.39, 0.29) is 0 Å². The predicted octanol–water partition coefficient (Wildman–Crippen LogP) is 3.60. The first-order chi connectivity index (χ1) is 8.79. The van der Waals surface area contributed by atoms with E-state index in [2.05, 4.69) is 28.6 Å². The smallest absolute Gasteiger partial charge is 0.173 e. The minimum atomic E-state index is 0.800. The number of para-hydroxylation sites is 1. The van der Waals surface area contributed by atoms with E-state index >= 15 is 0 Å². The van der Waals surface area contributed by atoms with Crippen LogP contribution in [0.2, 0.25) is 0 Å². The van der Waals surface area contributed by atoms with Crippen LogP contribution in [0, 0.1) is 0 Å². The van der Waals surface area contributed by atoms with Gasteiger partial charge in [-0.05, 0) is 49.9 Å². The second-order valence-corrected chi connectivity index (χ2v) is 6.10. The number of thioether (sulfide) groups is 1. The summed E-state index contributed by atoms with van der Waals surface area (Å²) in [6.45, 7) is 2.15. The highest BCUT2D eigenvalue weighted by Crippen LogP contribution is 2.21. The molecule has 1 heterocycles. The van der Waals surface area contributed by atoms with E-state index in [4.69, 9.17) is 12.2 Å². The quantitative estimate of drug-likeness (QED) is 0.832. The SMILES string of the molecule is CSC1CCCN(C(=S)Nc2ccccc2)CC1. The number of hydrogen-bond donors (Lipinski definition) is 1. The first-order valence-electron chi connectivity index (χ1n) is 6.43. The van der Waals surface area contributed by atoms with Gasteiger partial charge in [0.1, 0.15) is 0 Å². The Morgan fingerprint density at radius 2 is 2.06 bits per heavy atom. The number of nitrogens with one attached hydrogen (secondary N) is 1. The average Bonchev–Trinajstić information content (AvgIpc) is 2.65. The molecule has 0 bridgehead atoms. The summed E-state index contributed by atoms with van der Waals surface area (Å²) in [7, 11) is 0. The Hall–Kier alpha value is -0.740. The Morgan fingerprint density at radius 3 is 2.78 bits per heavy atom. The third kappa shape index (κ3) is 3.89. The van der Waals surface area contributed by atoms with Gasteiger partial charge in [0.05, 0.1) is 0 Å². The largest absolute Gasteiger partial charge is 0.349 e.